The molecule has 22 heavy (non-hydrogen) atoms. The average molecular weight is 318 g/mol. The quantitative estimate of drug-likeness (QED) is 0.862. The molecule has 0 saturated carbocycles. The van der Waals surface area contributed by atoms with Crippen molar-refractivity contribution in [3.8, 4) is 0 Å². The Bertz CT molecular complexity index is 651. The molecule has 0 aliphatic rings. The minimum atomic E-state index is -0.554. The van der Waals surface area contributed by atoms with Crippen LogP contribution in [0.25, 0.3) is 0 Å². The number of halogens is 1. The molecule has 0 fully saturated rings. The van der Waals surface area contributed by atoms with Crippen molar-refractivity contribution in [1.82, 2.24) is 5.32 Å². The van der Waals surface area contributed by atoms with Crippen molar-refractivity contribution >= 4 is 23.5 Å². The molecule has 0 heterocycles. The molecule has 0 aliphatic carbocycles. The van der Waals surface area contributed by atoms with E-state index in [9.17, 15) is 9.59 Å². The number of ether oxygens (including phenoxy) is 1. The molecule has 114 valence electrons. The van der Waals surface area contributed by atoms with Crippen LogP contribution in [0.15, 0.2) is 48.5 Å². The molecule has 0 unspecified atom stereocenters. The second-order valence-corrected chi connectivity index (χ2v) is 5.28. The van der Waals surface area contributed by atoms with Gasteiger partial charge >= 0.3 is 5.97 Å². The fourth-order valence-corrected chi connectivity index (χ4v) is 1.88. The summed E-state index contributed by atoms with van der Waals surface area (Å²) in [5.74, 6) is -0.898. The van der Waals surface area contributed by atoms with Crippen molar-refractivity contribution in [1.29, 1.82) is 0 Å². The lowest BCUT2D eigenvalue weighted by atomic mass is 10.1. The van der Waals surface area contributed by atoms with E-state index in [-0.39, 0.29) is 12.5 Å². The first-order valence-corrected chi connectivity index (χ1v) is 7.17. The van der Waals surface area contributed by atoms with Gasteiger partial charge in [-0.2, -0.15) is 0 Å². The van der Waals surface area contributed by atoms with Gasteiger partial charge in [0.05, 0.1) is 5.56 Å². The monoisotopic (exact) mass is 317 g/mol. The fourth-order valence-electron chi connectivity index (χ4n) is 1.76. The van der Waals surface area contributed by atoms with Crippen LogP contribution in [-0.4, -0.2) is 18.5 Å². The van der Waals surface area contributed by atoms with Crippen LogP contribution in [0.3, 0.4) is 0 Å². The molecule has 0 aliphatic heterocycles. The number of aryl methyl sites for hydroxylation is 1. The Hall–Kier alpha value is -2.33. The maximum absolute atomic E-state index is 11.7. The summed E-state index contributed by atoms with van der Waals surface area (Å²) in [6, 6.07) is 14.1. The van der Waals surface area contributed by atoms with Crippen LogP contribution in [0, 0.1) is 6.92 Å². The summed E-state index contributed by atoms with van der Waals surface area (Å²) in [7, 11) is 0. The molecule has 0 aromatic heterocycles. The molecule has 2 aromatic rings. The Labute approximate surface area is 134 Å². The zero-order valence-electron chi connectivity index (χ0n) is 12.1. The van der Waals surface area contributed by atoms with Crippen LogP contribution in [-0.2, 0) is 16.1 Å². The minimum Gasteiger partial charge on any atom is -0.452 e. The molecule has 0 atom stereocenters. The number of carbonyl (C=O) groups excluding carboxylic acids is 2. The topological polar surface area (TPSA) is 55.4 Å². The molecule has 0 saturated heterocycles. The molecule has 0 bridgehead atoms. The number of amides is 1. The number of carbonyl (C=O) groups is 2. The van der Waals surface area contributed by atoms with Crippen molar-refractivity contribution in [3.63, 3.8) is 0 Å². The first-order valence-electron chi connectivity index (χ1n) is 6.79. The van der Waals surface area contributed by atoms with E-state index in [2.05, 4.69) is 5.32 Å². The van der Waals surface area contributed by atoms with Gasteiger partial charge in [-0.3, -0.25) is 4.79 Å². The molecule has 4 nitrogen and oxygen atoms in total. The zero-order valence-corrected chi connectivity index (χ0v) is 12.9. The molecule has 1 amide bonds. The second-order valence-electron chi connectivity index (χ2n) is 4.85. The van der Waals surface area contributed by atoms with Crippen LogP contribution in [0.1, 0.15) is 21.5 Å². The lowest BCUT2D eigenvalue weighted by Crippen LogP contribution is -2.28. The molecule has 0 radical (unpaired) electrons. The van der Waals surface area contributed by atoms with Gasteiger partial charge in [-0.05, 0) is 36.8 Å². The minimum absolute atomic E-state index is 0.312. The largest absolute Gasteiger partial charge is 0.452 e. The number of benzene rings is 2. The first-order chi connectivity index (χ1) is 10.5. The first kappa shape index (κ1) is 16.0. The maximum Gasteiger partial charge on any atom is 0.338 e. The molecule has 0 spiro atoms. The lowest BCUT2D eigenvalue weighted by Gasteiger charge is -2.07. The van der Waals surface area contributed by atoms with Gasteiger partial charge in [-0.25, -0.2) is 4.79 Å². The summed E-state index contributed by atoms with van der Waals surface area (Å²) < 4.78 is 4.94. The Morgan fingerprint density at radius 1 is 1.05 bits per heavy atom. The highest BCUT2D eigenvalue weighted by atomic mass is 35.5. The van der Waals surface area contributed by atoms with E-state index >= 15 is 0 Å². The predicted molar refractivity (Wildman–Crippen MR) is 84.8 cm³/mol. The van der Waals surface area contributed by atoms with Crippen molar-refractivity contribution in [3.05, 3.63) is 70.2 Å². The van der Waals surface area contributed by atoms with Gasteiger partial charge in [0.15, 0.2) is 6.61 Å². The third-order valence-electron chi connectivity index (χ3n) is 3.02. The number of hydrogen-bond donors (Lipinski definition) is 1. The second kappa shape index (κ2) is 7.61. The SMILES string of the molecule is Cc1ccc(CNC(=O)COC(=O)c2ccc(Cl)cc2)cc1. The van der Waals surface area contributed by atoms with E-state index < -0.39 is 5.97 Å². The zero-order chi connectivity index (χ0) is 15.9. The lowest BCUT2D eigenvalue weighted by molar-refractivity contribution is -0.124. The smallest absolute Gasteiger partial charge is 0.338 e. The number of rotatable bonds is 5. The summed E-state index contributed by atoms with van der Waals surface area (Å²) >= 11 is 5.74. The molecule has 1 N–H and O–H groups in total. The predicted octanol–water partition coefficient (Wildman–Crippen LogP) is 3.12. The number of esters is 1. The van der Waals surface area contributed by atoms with Crippen molar-refractivity contribution < 1.29 is 14.3 Å². The van der Waals surface area contributed by atoms with Crippen LogP contribution in [0.4, 0.5) is 0 Å². The normalized spacial score (nSPS) is 10.1. The van der Waals surface area contributed by atoms with E-state index in [0.29, 0.717) is 17.1 Å². The standard InChI is InChI=1S/C17H16ClNO3/c1-12-2-4-13(5-3-12)10-19-16(20)11-22-17(21)14-6-8-15(18)9-7-14/h2-9H,10-11H2,1H3,(H,19,20). The highest BCUT2D eigenvalue weighted by molar-refractivity contribution is 6.30. The van der Waals surface area contributed by atoms with Gasteiger partial charge in [-0.1, -0.05) is 41.4 Å². The van der Waals surface area contributed by atoms with Crippen LogP contribution >= 0.6 is 11.6 Å². The Morgan fingerprint density at radius 3 is 2.32 bits per heavy atom. The summed E-state index contributed by atoms with van der Waals surface area (Å²) in [5, 5.41) is 3.23. The van der Waals surface area contributed by atoms with E-state index in [1.807, 2.05) is 31.2 Å². The maximum atomic E-state index is 11.7. The van der Waals surface area contributed by atoms with Crippen molar-refractivity contribution in [2.24, 2.45) is 0 Å². The van der Waals surface area contributed by atoms with E-state index in [1.165, 1.54) is 0 Å². The van der Waals surface area contributed by atoms with Crippen molar-refractivity contribution in [2.75, 3.05) is 6.61 Å². The van der Waals surface area contributed by atoms with Gasteiger partial charge in [0.2, 0.25) is 0 Å². The van der Waals surface area contributed by atoms with Gasteiger partial charge < -0.3 is 10.1 Å². The number of nitrogens with one attached hydrogen (secondary N) is 1. The Balaban J connectivity index is 1.76. The van der Waals surface area contributed by atoms with E-state index in [4.69, 9.17) is 16.3 Å². The molecular weight excluding hydrogens is 302 g/mol. The Morgan fingerprint density at radius 2 is 1.68 bits per heavy atom. The fraction of sp³-hybridized carbons (Fsp3) is 0.176. The van der Waals surface area contributed by atoms with Crippen LogP contribution in [0.5, 0.6) is 0 Å². The molecule has 2 aromatic carbocycles. The Kier molecular flexibility index (Phi) is 5.55. The summed E-state index contributed by atoms with van der Waals surface area (Å²) in [6.45, 7) is 2.09. The molecular formula is C17H16ClNO3. The van der Waals surface area contributed by atoms with E-state index in [1.54, 1.807) is 24.3 Å². The van der Waals surface area contributed by atoms with Crippen LogP contribution < -0.4 is 5.32 Å². The average Bonchev–Trinajstić information content (AvgIpc) is 2.52. The molecule has 5 heteroatoms. The van der Waals surface area contributed by atoms with Gasteiger partial charge in [-0.15, -0.1) is 0 Å². The van der Waals surface area contributed by atoms with Crippen LogP contribution in [0.2, 0.25) is 5.02 Å². The third kappa shape index (κ3) is 4.90. The van der Waals surface area contributed by atoms with Gasteiger partial charge in [0.1, 0.15) is 0 Å². The number of hydrogen-bond acceptors (Lipinski definition) is 3. The highest BCUT2D eigenvalue weighted by Crippen LogP contribution is 2.10. The van der Waals surface area contributed by atoms with Gasteiger partial charge in [0, 0.05) is 11.6 Å². The third-order valence-corrected chi connectivity index (χ3v) is 3.28. The van der Waals surface area contributed by atoms with E-state index in [0.717, 1.165) is 11.1 Å². The highest BCUT2D eigenvalue weighted by Gasteiger charge is 2.09. The summed E-state index contributed by atoms with van der Waals surface area (Å²) in [5.41, 5.74) is 2.51. The van der Waals surface area contributed by atoms with Gasteiger partial charge in [0.25, 0.3) is 5.91 Å². The summed E-state index contributed by atoms with van der Waals surface area (Å²) in [6.07, 6.45) is 0. The molecule has 2 rings (SSSR count). The summed E-state index contributed by atoms with van der Waals surface area (Å²) in [4.78, 5) is 23.4. The van der Waals surface area contributed by atoms with Crippen molar-refractivity contribution in [2.45, 2.75) is 13.5 Å².